The second kappa shape index (κ2) is 13.4. The molecule has 3 N–H and O–H groups in total. The maximum Gasteiger partial charge on any atom is 0.487 e. The summed E-state index contributed by atoms with van der Waals surface area (Å²) in [6.45, 7) is 6.46. The molecule has 248 valence electrons. The Hall–Kier alpha value is -4.01. The molecule has 3 aromatic rings. The summed E-state index contributed by atoms with van der Waals surface area (Å²) >= 11 is 4.83. The maximum atomic E-state index is 13.3. The molecule has 2 unspecified atom stereocenters. The molecule has 2 aliphatic heterocycles. The number of anilines is 2. The van der Waals surface area contributed by atoms with Crippen molar-refractivity contribution in [2.75, 3.05) is 36.5 Å². The van der Waals surface area contributed by atoms with Crippen molar-refractivity contribution in [2.24, 2.45) is 0 Å². The first-order valence-electron chi connectivity index (χ1n) is 14.9. The van der Waals surface area contributed by atoms with Crippen molar-refractivity contribution in [1.82, 2.24) is 20.1 Å². The molecular weight excluding hydrogens is 626 g/mol. The van der Waals surface area contributed by atoms with Gasteiger partial charge >= 0.3 is 11.7 Å². The van der Waals surface area contributed by atoms with Crippen molar-refractivity contribution in [2.45, 2.75) is 69.5 Å². The number of aliphatic hydroxyl groups is 1. The molecule has 0 radical (unpaired) electrons. The lowest BCUT2D eigenvalue weighted by atomic mass is 10.0. The van der Waals surface area contributed by atoms with E-state index in [1.165, 1.54) is 30.5 Å². The van der Waals surface area contributed by atoms with E-state index in [9.17, 15) is 23.5 Å². The van der Waals surface area contributed by atoms with Crippen LogP contribution in [0.3, 0.4) is 0 Å². The van der Waals surface area contributed by atoms with Gasteiger partial charge in [0, 0.05) is 54.9 Å². The number of β-amino-alcohol motifs (C(OH)–C–C–N with tert-alkyl or cyclic N) is 1. The Bertz CT molecular complexity index is 1540. The fourth-order valence-electron chi connectivity index (χ4n) is 5.37. The molecule has 1 aromatic carbocycles. The number of pyridine rings is 1. The molecule has 15 heteroatoms. The summed E-state index contributed by atoms with van der Waals surface area (Å²) in [5, 5.41) is 21.3. The van der Waals surface area contributed by atoms with Crippen molar-refractivity contribution >= 4 is 35.1 Å². The number of nitrogens with zero attached hydrogens (tertiary/aromatic N) is 4. The summed E-state index contributed by atoms with van der Waals surface area (Å²) in [5.41, 5.74) is -3.95. The molecule has 12 nitrogen and oxygen atoms in total. The Labute approximate surface area is 270 Å². The number of ether oxygens (including phenoxy) is 3. The number of halogens is 3. The molecule has 0 saturated carbocycles. The normalized spacial score (nSPS) is 20.3. The fraction of sp³-hybridized carbons (Fsp3) is 0.484. The van der Waals surface area contributed by atoms with Gasteiger partial charge in [-0.3, -0.25) is 4.79 Å². The van der Waals surface area contributed by atoms with Gasteiger partial charge in [0.1, 0.15) is 22.8 Å². The third-order valence-electron chi connectivity index (χ3n) is 7.44. The smallest absolute Gasteiger partial charge is 0.444 e. The van der Waals surface area contributed by atoms with E-state index in [0.29, 0.717) is 42.3 Å². The third-order valence-corrected chi connectivity index (χ3v) is 7.52. The first kappa shape index (κ1) is 33.4. The van der Waals surface area contributed by atoms with Gasteiger partial charge in [-0.1, -0.05) is 0 Å². The monoisotopic (exact) mass is 662 g/mol. The van der Waals surface area contributed by atoms with Crippen LogP contribution < -0.4 is 20.3 Å². The Balaban J connectivity index is 1.40. The topological polar surface area (TPSA) is 140 Å². The molecule has 4 heterocycles. The number of alkyl carbamates (subject to hydrolysis) is 1. The van der Waals surface area contributed by atoms with E-state index in [-0.39, 0.29) is 30.6 Å². The highest BCUT2D eigenvalue weighted by Gasteiger charge is 2.39. The first-order valence-corrected chi connectivity index (χ1v) is 15.3. The predicted octanol–water partition coefficient (Wildman–Crippen LogP) is 5.53. The zero-order valence-electron chi connectivity index (χ0n) is 25.8. The molecule has 2 fully saturated rings. The zero-order valence-corrected chi connectivity index (χ0v) is 26.5. The largest absolute Gasteiger partial charge is 0.487 e. The summed E-state index contributed by atoms with van der Waals surface area (Å²) in [6.07, 6.45) is 5.23. The third kappa shape index (κ3) is 8.62. The Morgan fingerprint density at radius 3 is 2.63 bits per heavy atom. The highest BCUT2D eigenvalue weighted by molar-refractivity contribution is 6.20. The fourth-order valence-corrected chi connectivity index (χ4v) is 5.46. The van der Waals surface area contributed by atoms with Crippen LogP contribution in [-0.4, -0.2) is 74.9 Å². The summed E-state index contributed by atoms with van der Waals surface area (Å²) in [6, 6.07) is 8.84. The average Bonchev–Trinajstić information content (AvgIpc) is 3.63. The van der Waals surface area contributed by atoms with E-state index >= 15 is 0 Å². The summed E-state index contributed by atoms with van der Waals surface area (Å²) < 4.78 is 43.3. The number of alkyl halides is 3. The number of carbonyl (C=O) groups is 2. The Morgan fingerprint density at radius 1 is 1.20 bits per heavy atom. The molecule has 0 bridgehead atoms. The number of amides is 2. The van der Waals surface area contributed by atoms with Gasteiger partial charge in [0.05, 0.1) is 17.8 Å². The second-order valence-corrected chi connectivity index (χ2v) is 12.8. The van der Waals surface area contributed by atoms with Crippen molar-refractivity contribution < 1.29 is 37.7 Å². The molecule has 2 aromatic heterocycles. The predicted molar refractivity (Wildman–Crippen MR) is 166 cm³/mol. The zero-order chi connectivity index (χ0) is 33.1. The summed E-state index contributed by atoms with van der Waals surface area (Å²) in [5.74, 6) is -0.140. The lowest BCUT2D eigenvalue weighted by molar-refractivity contribution is -0.0964. The van der Waals surface area contributed by atoms with Crippen LogP contribution in [0.5, 0.6) is 5.75 Å². The minimum Gasteiger partial charge on any atom is -0.444 e. The van der Waals surface area contributed by atoms with E-state index < -0.39 is 28.8 Å². The molecule has 0 aliphatic carbocycles. The van der Waals surface area contributed by atoms with Crippen molar-refractivity contribution in [3.8, 4) is 17.0 Å². The Morgan fingerprint density at radius 2 is 1.96 bits per heavy atom. The van der Waals surface area contributed by atoms with Crippen LogP contribution in [0.1, 0.15) is 63.0 Å². The van der Waals surface area contributed by atoms with Gasteiger partial charge in [0.25, 0.3) is 5.91 Å². The number of carbonyl (C=O) groups excluding carboxylic acids is 2. The van der Waals surface area contributed by atoms with Crippen LogP contribution in [0, 0.1) is 0 Å². The number of nitrogens with one attached hydrogen (secondary N) is 2. The summed E-state index contributed by atoms with van der Waals surface area (Å²) in [4.78, 5) is 32.2. The van der Waals surface area contributed by atoms with Crippen molar-refractivity contribution in [3.05, 3.63) is 54.4 Å². The van der Waals surface area contributed by atoms with Gasteiger partial charge in [-0.15, -0.1) is 8.78 Å². The van der Waals surface area contributed by atoms with E-state index in [2.05, 4.69) is 25.5 Å². The van der Waals surface area contributed by atoms with Crippen LogP contribution in [0.25, 0.3) is 11.3 Å². The molecule has 2 saturated heterocycles. The molecule has 2 amide bonds. The van der Waals surface area contributed by atoms with Crippen LogP contribution in [-0.2, 0) is 9.47 Å². The molecule has 46 heavy (non-hydrogen) atoms. The lowest BCUT2D eigenvalue weighted by Crippen LogP contribution is -2.46. The summed E-state index contributed by atoms with van der Waals surface area (Å²) in [7, 11) is 0. The number of hydrogen-bond acceptors (Lipinski definition) is 9. The van der Waals surface area contributed by atoms with E-state index in [1.807, 2.05) is 11.0 Å². The van der Waals surface area contributed by atoms with Gasteiger partial charge in [0.2, 0.25) is 0 Å². The minimum absolute atomic E-state index is 0.0194. The quantitative estimate of drug-likeness (QED) is 0.252. The van der Waals surface area contributed by atoms with Crippen LogP contribution in [0.15, 0.2) is 48.8 Å². The highest BCUT2D eigenvalue weighted by atomic mass is 35.5. The number of rotatable bonds is 9. The van der Waals surface area contributed by atoms with Gasteiger partial charge < -0.3 is 34.9 Å². The van der Waals surface area contributed by atoms with E-state index in [0.717, 1.165) is 19.3 Å². The van der Waals surface area contributed by atoms with Crippen molar-refractivity contribution in [3.63, 3.8) is 0 Å². The van der Waals surface area contributed by atoms with Crippen molar-refractivity contribution in [1.29, 1.82) is 0 Å². The molecule has 0 spiro atoms. The number of benzene rings is 1. The average molecular weight is 663 g/mol. The number of aromatic nitrogens is 3. The first-order chi connectivity index (χ1) is 21.7. The maximum absolute atomic E-state index is 13.3. The van der Waals surface area contributed by atoms with E-state index in [1.54, 1.807) is 37.7 Å². The minimum atomic E-state index is -3.86. The number of hydrogen-bond donors (Lipinski definition) is 3. The standard InChI is InChI=1S/C31H37ClF2N6O6/c1-29(2,3)46-28(42)36-18-30(43)12-14-39(19-30)26-23(24-11-13-37-40(24)25-6-4-5-15-44-25)16-20(17-35-26)27(41)38-21-7-9-22(10-8-21)45-31(32,33)34/h7-11,13,16-17,25,43H,4-6,12,14-15,18-19H2,1-3H3,(H,36,42)(H,38,41). The molecule has 2 atom stereocenters. The van der Waals surface area contributed by atoms with Gasteiger partial charge in [-0.2, -0.15) is 5.10 Å². The van der Waals surface area contributed by atoms with Crippen LogP contribution in [0.2, 0.25) is 0 Å². The highest BCUT2D eigenvalue weighted by Crippen LogP contribution is 2.37. The van der Waals surface area contributed by atoms with Crippen LogP contribution >= 0.6 is 11.6 Å². The van der Waals surface area contributed by atoms with Crippen LogP contribution in [0.4, 0.5) is 25.1 Å². The SMILES string of the molecule is CC(C)(C)OC(=O)NCC1(O)CCN(c2ncc(C(=O)Nc3ccc(OC(F)(F)Cl)cc3)cc2-c2ccnn2C2CCCCO2)C1. The molecule has 5 rings (SSSR count). The lowest BCUT2D eigenvalue weighted by Gasteiger charge is -2.28. The van der Waals surface area contributed by atoms with Gasteiger partial charge in [-0.25, -0.2) is 14.5 Å². The molecular formula is C31H37ClF2N6O6. The van der Waals surface area contributed by atoms with E-state index in [4.69, 9.17) is 21.1 Å². The van der Waals surface area contributed by atoms with Gasteiger partial charge in [-0.05, 0) is 82.9 Å². The van der Waals surface area contributed by atoms with Gasteiger partial charge in [0.15, 0.2) is 6.23 Å². The Kier molecular flexibility index (Phi) is 9.70. The molecule has 2 aliphatic rings. The second-order valence-electron chi connectivity index (χ2n) is 12.4.